The standard InChI is InChI=1S/C23H23Cl2N5OS/c24-18-11-9-17(10-12-18)22-28-29-23(30(22)20-7-2-1-3-8-20)32-15-21(31)27-26-14-16-5-4-6-19(25)13-16/h4-6,9-14,20H,1-3,7-8,15H2,(H,27,31). The van der Waals surface area contributed by atoms with Crippen LogP contribution in [0.5, 0.6) is 0 Å². The van der Waals surface area contributed by atoms with E-state index in [0.29, 0.717) is 16.1 Å². The van der Waals surface area contributed by atoms with Crippen LogP contribution in [0, 0.1) is 0 Å². The lowest BCUT2D eigenvalue weighted by Crippen LogP contribution is -2.20. The SMILES string of the molecule is O=C(CSc1nnc(-c2ccc(Cl)cc2)n1C1CCCCC1)NN=Cc1cccc(Cl)c1. The van der Waals surface area contributed by atoms with Crippen LogP contribution in [0.3, 0.4) is 0 Å². The van der Waals surface area contributed by atoms with Crippen molar-refractivity contribution in [1.29, 1.82) is 0 Å². The summed E-state index contributed by atoms with van der Waals surface area (Å²) in [6.45, 7) is 0. The summed E-state index contributed by atoms with van der Waals surface area (Å²) < 4.78 is 2.19. The first-order chi connectivity index (χ1) is 15.6. The van der Waals surface area contributed by atoms with Crippen molar-refractivity contribution in [3.63, 3.8) is 0 Å². The summed E-state index contributed by atoms with van der Waals surface area (Å²) in [5.41, 5.74) is 4.34. The zero-order valence-electron chi connectivity index (χ0n) is 17.4. The van der Waals surface area contributed by atoms with Crippen molar-refractivity contribution in [2.24, 2.45) is 5.10 Å². The molecule has 4 rings (SSSR count). The Morgan fingerprint density at radius 2 is 1.88 bits per heavy atom. The van der Waals surface area contributed by atoms with E-state index in [9.17, 15) is 4.79 Å². The van der Waals surface area contributed by atoms with Crippen LogP contribution in [0.2, 0.25) is 10.0 Å². The van der Waals surface area contributed by atoms with Crippen LogP contribution in [-0.2, 0) is 4.79 Å². The second kappa shape index (κ2) is 11.0. The molecule has 1 fully saturated rings. The summed E-state index contributed by atoms with van der Waals surface area (Å²) in [6.07, 6.45) is 7.37. The fourth-order valence-electron chi connectivity index (χ4n) is 3.77. The number of amides is 1. The summed E-state index contributed by atoms with van der Waals surface area (Å²) in [5.74, 6) is 0.799. The Morgan fingerprint density at radius 1 is 1.09 bits per heavy atom. The Bertz CT molecular complexity index is 1090. The van der Waals surface area contributed by atoms with Crippen molar-refractivity contribution < 1.29 is 4.79 Å². The smallest absolute Gasteiger partial charge is 0.250 e. The predicted octanol–water partition coefficient (Wildman–Crippen LogP) is 6.00. The average Bonchev–Trinajstić information content (AvgIpc) is 3.23. The first kappa shape index (κ1) is 22.8. The van der Waals surface area contributed by atoms with Gasteiger partial charge < -0.3 is 0 Å². The van der Waals surface area contributed by atoms with Gasteiger partial charge in [-0.25, -0.2) is 5.43 Å². The van der Waals surface area contributed by atoms with Gasteiger partial charge in [0, 0.05) is 21.7 Å². The molecule has 0 aliphatic heterocycles. The Hall–Kier alpha value is -2.35. The lowest BCUT2D eigenvalue weighted by molar-refractivity contribution is -0.118. The van der Waals surface area contributed by atoms with Crippen molar-refractivity contribution in [3.05, 3.63) is 64.1 Å². The van der Waals surface area contributed by atoms with Gasteiger partial charge in [-0.05, 0) is 54.8 Å². The van der Waals surface area contributed by atoms with Gasteiger partial charge in [-0.15, -0.1) is 10.2 Å². The van der Waals surface area contributed by atoms with Crippen LogP contribution in [-0.4, -0.2) is 32.6 Å². The van der Waals surface area contributed by atoms with Gasteiger partial charge >= 0.3 is 0 Å². The van der Waals surface area contributed by atoms with E-state index in [1.54, 1.807) is 18.3 Å². The minimum Gasteiger partial charge on any atom is -0.299 e. The molecule has 1 aliphatic carbocycles. The lowest BCUT2D eigenvalue weighted by Gasteiger charge is -2.25. The van der Waals surface area contributed by atoms with Crippen molar-refractivity contribution >= 4 is 47.1 Å². The number of carbonyl (C=O) groups excluding carboxylic acids is 1. The Morgan fingerprint density at radius 3 is 2.62 bits per heavy atom. The van der Waals surface area contributed by atoms with Crippen LogP contribution in [0.1, 0.15) is 43.7 Å². The molecule has 166 valence electrons. The van der Waals surface area contributed by atoms with Gasteiger partial charge in [0.2, 0.25) is 0 Å². The van der Waals surface area contributed by atoms with E-state index in [2.05, 4.69) is 25.3 Å². The molecular formula is C23H23Cl2N5OS. The van der Waals surface area contributed by atoms with Gasteiger partial charge in [0.1, 0.15) is 0 Å². The van der Waals surface area contributed by atoms with Crippen LogP contribution in [0.25, 0.3) is 11.4 Å². The normalized spacial score (nSPS) is 14.7. The highest BCUT2D eigenvalue weighted by Crippen LogP contribution is 2.35. The molecule has 0 saturated heterocycles. The van der Waals surface area contributed by atoms with E-state index < -0.39 is 0 Å². The molecule has 3 aromatic rings. The van der Waals surface area contributed by atoms with Crippen molar-refractivity contribution in [2.45, 2.75) is 43.3 Å². The van der Waals surface area contributed by atoms with Crippen molar-refractivity contribution in [2.75, 3.05) is 5.75 Å². The van der Waals surface area contributed by atoms with E-state index in [1.165, 1.54) is 31.0 Å². The third-order valence-corrected chi connectivity index (χ3v) is 6.72. The third-order valence-electron chi connectivity index (χ3n) is 5.29. The second-order valence-corrected chi connectivity index (χ2v) is 9.43. The maximum absolute atomic E-state index is 12.3. The highest BCUT2D eigenvalue weighted by Gasteiger charge is 2.24. The third kappa shape index (κ3) is 5.91. The Balaban J connectivity index is 1.45. The van der Waals surface area contributed by atoms with Gasteiger partial charge in [0.25, 0.3) is 5.91 Å². The van der Waals surface area contributed by atoms with Crippen molar-refractivity contribution in [1.82, 2.24) is 20.2 Å². The summed E-state index contributed by atoms with van der Waals surface area (Å²) >= 11 is 13.4. The number of carbonyl (C=O) groups is 1. The van der Waals surface area contributed by atoms with Crippen LogP contribution in [0.4, 0.5) is 0 Å². The molecule has 0 atom stereocenters. The topological polar surface area (TPSA) is 72.2 Å². The van der Waals surface area contributed by atoms with Gasteiger partial charge in [-0.1, -0.05) is 66.4 Å². The number of benzene rings is 2. The molecule has 1 aliphatic rings. The van der Waals surface area contributed by atoms with Gasteiger partial charge in [0.15, 0.2) is 11.0 Å². The molecule has 0 unspecified atom stereocenters. The highest BCUT2D eigenvalue weighted by atomic mass is 35.5. The molecule has 1 heterocycles. The molecule has 6 nitrogen and oxygen atoms in total. The van der Waals surface area contributed by atoms with Gasteiger partial charge in [0.05, 0.1) is 12.0 Å². The number of halogens is 2. The Labute approximate surface area is 201 Å². The van der Waals surface area contributed by atoms with E-state index in [0.717, 1.165) is 34.9 Å². The van der Waals surface area contributed by atoms with E-state index in [4.69, 9.17) is 23.2 Å². The van der Waals surface area contributed by atoms with E-state index in [1.807, 2.05) is 36.4 Å². The van der Waals surface area contributed by atoms with Gasteiger partial charge in [-0.2, -0.15) is 5.10 Å². The lowest BCUT2D eigenvalue weighted by atomic mass is 9.95. The monoisotopic (exact) mass is 487 g/mol. The summed E-state index contributed by atoms with van der Waals surface area (Å²) in [6, 6.07) is 15.2. The molecule has 1 saturated carbocycles. The first-order valence-corrected chi connectivity index (χ1v) is 12.3. The zero-order chi connectivity index (χ0) is 22.3. The molecule has 1 aromatic heterocycles. The Kier molecular flexibility index (Phi) is 7.84. The number of rotatable bonds is 7. The van der Waals surface area contributed by atoms with Crippen molar-refractivity contribution in [3.8, 4) is 11.4 Å². The largest absolute Gasteiger partial charge is 0.299 e. The average molecular weight is 488 g/mol. The number of nitrogens with one attached hydrogen (secondary N) is 1. The van der Waals surface area contributed by atoms with Crippen LogP contribution in [0.15, 0.2) is 58.8 Å². The summed E-state index contributed by atoms with van der Waals surface area (Å²) in [4.78, 5) is 12.3. The number of hydrogen-bond donors (Lipinski definition) is 1. The van der Waals surface area contributed by atoms with Crippen LogP contribution < -0.4 is 5.43 Å². The number of hydrogen-bond acceptors (Lipinski definition) is 5. The number of thioether (sulfide) groups is 1. The minimum absolute atomic E-state index is 0.193. The quantitative estimate of drug-likeness (QED) is 0.252. The fraction of sp³-hybridized carbons (Fsp3) is 0.304. The molecule has 9 heteroatoms. The number of aromatic nitrogens is 3. The molecule has 0 bridgehead atoms. The first-order valence-electron chi connectivity index (χ1n) is 10.5. The second-order valence-electron chi connectivity index (χ2n) is 7.61. The minimum atomic E-state index is -0.209. The molecule has 32 heavy (non-hydrogen) atoms. The molecule has 0 spiro atoms. The predicted molar refractivity (Wildman–Crippen MR) is 131 cm³/mol. The molecular weight excluding hydrogens is 465 g/mol. The highest BCUT2D eigenvalue weighted by molar-refractivity contribution is 7.99. The maximum atomic E-state index is 12.3. The number of hydrazone groups is 1. The molecule has 1 amide bonds. The van der Waals surface area contributed by atoms with E-state index in [-0.39, 0.29) is 11.7 Å². The summed E-state index contributed by atoms with van der Waals surface area (Å²) in [5, 5.41) is 14.9. The van der Waals surface area contributed by atoms with Crippen LogP contribution >= 0.6 is 35.0 Å². The number of nitrogens with zero attached hydrogens (tertiary/aromatic N) is 4. The molecule has 0 radical (unpaired) electrons. The molecule has 2 aromatic carbocycles. The molecule has 1 N–H and O–H groups in total. The van der Waals surface area contributed by atoms with Gasteiger partial charge in [-0.3, -0.25) is 9.36 Å². The summed E-state index contributed by atoms with van der Waals surface area (Å²) in [7, 11) is 0. The maximum Gasteiger partial charge on any atom is 0.250 e. The zero-order valence-corrected chi connectivity index (χ0v) is 19.7. The fourth-order valence-corrected chi connectivity index (χ4v) is 4.89. The van der Waals surface area contributed by atoms with E-state index >= 15 is 0 Å².